The first kappa shape index (κ1) is 17.9. The summed E-state index contributed by atoms with van der Waals surface area (Å²) in [5.41, 5.74) is 5.32. The highest BCUT2D eigenvalue weighted by Crippen LogP contribution is 2.13. The number of benzene rings is 3. The van der Waals surface area contributed by atoms with Crippen LogP contribution in [0.25, 0.3) is 10.9 Å². The summed E-state index contributed by atoms with van der Waals surface area (Å²) in [7, 11) is 0. The van der Waals surface area contributed by atoms with Crippen molar-refractivity contribution in [2.45, 2.75) is 6.54 Å². The zero-order chi connectivity index (χ0) is 19.3. The minimum absolute atomic E-state index is 0.112. The minimum atomic E-state index is -0.112. The first-order chi connectivity index (χ1) is 13.7. The van der Waals surface area contributed by atoms with E-state index in [0.29, 0.717) is 28.4 Å². The van der Waals surface area contributed by atoms with Gasteiger partial charge >= 0.3 is 0 Å². The van der Waals surface area contributed by atoms with E-state index in [1.54, 1.807) is 29.0 Å². The predicted molar refractivity (Wildman–Crippen MR) is 114 cm³/mol. The van der Waals surface area contributed by atoms with Crippen LogP contribution >= 0.6 is 11.6 Å². The third kappa shape index (κ3) is 3.94. The summed E-state index contributed by atoms with van der Waals surface area (Å²) in [6.07, 6.45) is 1.66. The van der Waals surface area contributed by atoms with E-state index in [1.165, 1.54) is 0 Å². The Balaban J connectivity index is 1.71. The molecule has 0 unspecified atom stereocenters. The van der Waals surface area contributed by atoms with Gasteiger partial charge in [0, 0.05) is 5.02 Å². The molecule has 5 nitrogen and oxygen atoms in total. The molecule has 0 spiro atoms. The van der Waals surface area contributed by atoms with Crippen molar-refractivity contribution in [2.24, 2.45) is 5.10 Å². The molecule has 0 bridgehead atoms. The lowest BCUT2D eigenvalue weighted by molar-refractivity contribution is 0.755. The van der Waals surface area contributed by atoms with Gasteiger partial charge in [0.05, 0.1) is 23.7 Å². The summed E-state index contributed by atoms with van der Waals surface area (Å²) in [6, 6.07) is 24.4. The molecular weight excluding hydrogens is 372 g/mol. The molecule has 0 radical (unpaired) electrons. The van der Waals surface area contributed by atoms with Gasteiger partial charge in [-0.25, -0.2) is 10.4 Å². The van der Waals surface area contributed by atoms with Gasteiger partial charge in [0.15, 0.2) is 0 Å². The molecule has 3 aromatic carbocycles. The Morgan fingerprint density at radius 3 is 2.46 bits per heavy atom. The van der Waals surface area contributed by atoms with Crippen LogP contribution in [0.2, 0.25) is 5.02 Å². The Hall–Kier alpha value is -3.44. The molecule has 138 valence electrons. The van der Waals surface area contributed by atoms with Gasteiger partial charge in [-0.1, -0.05) is 66.2 Å². The average molecular weight is 389 g/mol. The Bertz CT molecular complexity index is 1180. The Labute approximate surface area is 166 Å². The van der Waals surface area contributed by atoms with Crippen molar-refractivity contribution in [3.8, 4) is 0 Å². The molecule has 0 saturated carbocycles. The van der Waals surface area contributed by atoms with E-state index in [0.717, 1.165) is 11.1 Å². The van der Waals surface area contributed by atoms with Crippen LogP contribution in [0.15, 0.2) is 88.8 Å². The average Bonchev–Trinajstić information content (AvgIpc) is 2.73. The smallest absolute Gasteiger partial charge is 0.263 e. The number of hydrogen-bond donors (Lipinski definition) is 1. The molecule has 0 aliphatic carbocycles. The van der Waals surface area contributed by atoms with Gasteiger partial charge < -0.3 is 0 Å². The van der Waals surface area contributed by atoms with E-state index >= 15 is 0 Å². The molecule has 1 aromatic heterocycles. The van der Waals surface area contributed by atoms with E-state index in [1.807, 2.05) is 60.7 Å². The van der Waals surface area contributed by atoms with Crippen LogP contribution in [0.1, 0.15) is 11.1 Å². The molecule has 0 aliphatic heterocycles. The first-order valence-electron chi connectivity index (χ1n) is 8.79. The number of fused-ring (bicyclic) bond motifs is 1. The summed E-state index contributed by atoms with van der Waals surface area (Å²) in [6.45, 7) is 0.399. The molecule has 0 fully saturated rings. The number of halogens is 1. The first-order valence-corrected chi connectivity index (χ1v) is 9.17. The Morgan fingerprint density at radius 1 is 0.964 bits per heavy atom. The van der Waals surface area contributed by atoms with Gasteiger partial charge in [-0.05, 0) is 35.4 Å². The highest BCUT2D eigenvalue weighted by molar-refractivity contribution is 6.30. The summed E-state index contributed by atoms with van der Waals surface area (Å²) < 4.78 is 1.59. The molecule has 1 N–H and O–H groups in total. The molecule has 4 aromatic rings. The molecule has 0 aliphatic rings. The third-order valence-corrected chi connectivity index (χ3v) is 4.55. The molecule has 28 heavy (non-hydrogen) atoms. The SMILES string of the molecule is O=c1c2ccccc2nc(N/N=C/c2ccc(Cl)cc2)n1Cc1ccccc1. The zero-order valence-corrected chi connectivity index (χ0v) is 15.7. The lowest BCUT2D eigenvalue weighted by Crippen LogP contribution is -2.24. The number of para-hydroxylation sites is 1. The number of aromatic nitrogens is 2. The number of anilines is 1. The summed E-state index contributed by atoms with van der Waals surface area (Å²) >= 11 is 5.90. The van der Waals surface area contributed by atoms with E-state index in [-0.39, 0.29) is 5.56 Å². The normalized spacial score (nSPS) is 11.2. The number of hydrogen-bond acceptors (Lipinski definition) is 4. The number of nitrogens with one attached hydrogen (secondary N) is 1. The van der Waals surface area contributed by atoms with Crippen LogP contribution in [-0.4, -0.2) is 15.8 Å². The van der Waals surface area contributed by atoms with Gasteiger partial charge in [-0.3, -0.25) is 9.36 Å². The quantitative estimate of drug-likeness (QED) is 0.403. The minimum Gasteiger partial charge on any atom is -0.272 e. The summed E-state index contributed by atoms with van der Waals surface area (Å²) in [5, 5.41) is 5.49. The zero-order valence-electron chi connectivity index (χ0n) is 14.9. The molecule has 0 atom stereocenters. The second-order valence-electron chi connectivity index (χ2n) is 6.25. The van der Waals surface area contributed by atoms with E-state index in [4.69, 9.17) is 11.6 Å². The van der Waals surface area contributed by atoms with Gasteiger partial charge in [-0.15, -0.1) is 0 Å². The molecule has 4 rings (SSSR count). The van der Waals surface area contributed by atoms with Gasteiger partial charge in [-0.2, -0.15) is 5.10 Å². The highest BCUT2D eigenvalue weighted by atomic mass is 35.5. The van der Waals surface area contributed by atoms with Crippen molar-refractivity contribution >= 4 is 34.7 Å². The monoisotopic (exact) mass is 388 g/mol. The molecule has 6 heteroatoms. The molecular formula is C22H17ClN4O. The van der Waals surface area contributed by atoms with Crippen LogP contribution in [0.5, 0.6) is 0 Å². The largest absolute Gasteiger partial charge is 0.272 e. The van der Waals surface area contributed by atoms with E-state index < -0.39 is 0 Å². The highest BCUT2D eigenvalue weighted by Gasteiger charge is 2.10. The predicted octanol–water partition coefficient (Wildman–Crippen LogP) is 4.54. The van der Waals surface area contributed by atoms with Crippen molar-refractivity contribution in [3.63, 3.8) is 0 Å². The number of nitrogens with zero attached hydrogens (tertiary/aromatic N) is 3. The number of rotatable bonds is 5. The van der Waals surface area contributed by atoms with Crippen molar-refractivity contribution in [1.29, 1.82) is 0 Å². The summed E-state index contributed by atoms with van der Waals surface area (Å²) in [4.78, 5) is 17.6. The van der Waals surface area contributed by atoms with Crippen LogP contribution in [0.3, 0.4) is 0 Å². The molecule has 1 heterocycles. The van der Waals surface area contributed by atoms with Crippen LogP contribution in [0, 0.1) is 0 Å². The third-order valence-electron chi connectivity index (χ3n) is 4.29. The molecule has 0 amide bonds. The lowest BCUT2D eigenvalue weighted by atomic mass is 10.2. The van der Waals surface area contributed by atoms with Crippen molar-refractivity contribution in [2.75, 3.05) is 5.43 Å². The van der Waals surface area contributed by atoms with Gasteiger partial charge in [0.25, 0.3) is 5.56 Å². The fourth-order valence-electron chi connectivity index (χ4n) is 2.88. The maximum atomic E-state index is 13.0. The standard InChI is InChI=1S/C22H17ClN4O/c23-18-12-10-16(11-13-18)14-24-26-22-25-20-9-5-4-8-19(20)21(28)27(22)15-17-6-2-1-3-7-17/h1-14H,15H2,(H,25,26)/b24-14+. The maximum absolute atomic E-state index is 13.0. The second kappa shape index (κ2) is 8.06. The number of hydrazone groups is 1. The summed E-state index contributed by atoms with van der Waals surface area (Å²) in [5.74, 6) is 0.387. The topological polar surface area (TPSA) is 59.3 Å². The fourth-order valence-corrected chi connectivity index (χ4v) is 3.01. The fraction of sp³-hybridized carbons (Fsp3) is 0.0455. The van der Waals surface area contributed by atoms with Crippen LogP contribution < -0.4 is 11.0 Å². The van der Waals surface area contributed by atoms with Gasteiger partial charge in [0.1, 0.15) is 0 Å². The van der Waals surface area contributed by atoms with Crippen LogP contribution in [-0.2, 0) is 6.54 Å². The van der Waals surface area contributed by atoms with Crippen molar-refractivity contribution < 1.29 is 0 Å². The van der Waals surface area contributed by atoms with Gasteiger partial charge in [0.2, 0.25) is 5.95 Å². The lowest BCUT2D eigenvalue weighted by Gasteiger charge is -2.12. The van der Waals surface area contributed by atoms with E-state index in [9.17, 15) is 4.79 Å². The maximum Gasteiger partial charge on any atom is 0.263 e. The Morgan fingerprint density at radius 2 is 1.68 bits per heavy atom. The second-order valence-corrected chi connectivity index (χ2v) is 6.69. The van der Waals surface area contributed by atoms with Crippen molar-refractivity contribution in [1.82, 2.24) is 9.55 Å². The van der Waals surface area contributed by atoms with Crippen molar-refractivity contribution in [3.05, 3.63) is 105 Å². The molecule has 0 saturated heterocycles. The Kier molecular flexibility index (Phi) is 5.17. The van der Waals surface area contributed by atoms with E-state index in [2.05, 4.69) is 15.5 Å². The van der Waals surface area contributed by atoms with Crippen LogP contribution in [0.4, 0.5) is 5.95 Å².